The summed E-state index contributed by atoms with van der Waals surface area (Å²) in [6.07, 6.45) is -0.428. The molecule has 3 nitrogen and oxygen atoms in total. The van der Waals surface area contributed by atoms with Crippen LogP contribution in [-0.2, 0) is 0 Å². The fourth-order valence-corrected chi connectivity index (χ4v) is 2.34. The highest BCUT2D eigenvalue weighted by Crippen LogP contribution is 2.29. The van der Waals surface area contributed by atoms with Crippen LogP contribution in [0.15, 0.2) is 23.1 Å². The number of aromatic carboxylic acids is 1. The summed E-state index contributed by atoms with van der Waals surface area (Å²) in [6, 6.07) is 4.77. The minimum Gasteiger partial charge on any atom is -0.478 e. The molecule has 0 fully saturated rings. The molecular formula is C11H13ClO3S. The molecular weight excluding hydrogens is 248 g/mol. The number of aliphatic hydroxyl groups is 1. The van der Waals surface area contributed by atoms with Gasteiger partial charge in [-0.05, 0) is 25.1 Å². The second-order valence-electron chi connectivity index (χ2n) is 3.51. The van der Waals surface area contributed by atoms with Crippen molar-refractivity contribution in [3.8, 4) is 0 Å². The van der Waals surface area contributed by atoms with E-state index in [9.17, 15) is 9.90 Å². The summed E-state index contributed by atoms with van der Waals surface area (Å²) in [5, 5.41) is 18.4. The second-order valence-corrected chi connectivity index (χ2v) is 5.37. The molecule has 0 aliphatic rings. The van der Waals surface area contributed by atoms with E-state index in [2.05, 4.69) is 0 Å². The standard InChI is InChI=1S/C11H13ClO3S/c1-6(13)7(2)16-8-3-4-9(11(14)15)10(12)5-8/h3-7,13H,1-2H3,(H,14,15). The Kier molecular flexibility index (Phi) is 4.65. The van der Waals surface area contributed by atoms with E-state index in [-0.39, 0.29) is 15.8 Å². The number of hydrogen-bond donors (Lipinski definition) is 2. The van der Waals surface area contributed by atoms with Crippen LogP contribution in [0.5, 0.6) is 0 Å². The van der Waals surface area contributed by atoms with Gasteiger partial charge in [0.1, 0.15) is 0 Å². The lowest BCUT2D eigenvalue weighted by atomic mass is 10.2. The molecule has 16 heavy (non-hydrogen) atoms. The van der Waals surface area contributed by atoms with Gasteiger partial charge in [0.2, 0.25) is 0 Å². The molecule has 1 aromatic rings. The third-order valence-electron chi connectivity index (χ3n) is 2.17. The molecule has 0 saturated heterocycles. The molecule has 0 spiro atoms. The van der Waals surface area contributed by atoms with Gasteiger partial charge in [-0.3, -0.25) is 0 Å². The van der Waals surface area contributed by atoms with Crippen molar-refractivity contribution in [1.82, 2.24) is 0 Å². The molecule has 1 rings (SSSR count). The predicted octanol–water partition coefficient (Wildman–Crippen LogP) is 2.90. The van der Waals surface area contributed by atoms with Crippen molar-refractivity contribution in [3.63, 3.8) is 0 Å². The molecule has 2 atom stereocenters. The number of rotatable bonds is 4. The molecule has 0 aliphatic carbocycles. The Morgan fingerprint density at radius 1 is 1.44 bits per heavy atom. The average molecular weight is 261 g/mol. The van der Waals surface area contributed by atoms with Gasteiger partial charge in [0, 0.05) is 10.1 Å². The first-order valence-electron chi connectivity index (χ1n) is 4.79. The summed E-state index contributed by atoms with van der Waals surface area (Å²) in [5.41, 5.74) is 0.0933. The van der Waals surface area contributed by atoms with Crippen LogP contribution < -0.4 is 0 Å². The number of hydrogen-bond acceptors (Lipinski definition) is 3. The van der Waals surface area contributed by atoms with E-state index >= 15 is 0 Å². The largest absolute Gasteiger partial charge is 0.478 e. The van der Waals surface area contributed by atoms with Crippen LogP contribution in [0.1, 0.15) is 24.2 Å². The lowest BCUT2D eigenvalue weighted by Crippen LogP contribution is -2.14. The number of benzene rings is 1. The summed E-state index contributed by atoms with van der Waals surface area (Å²) in [6.45, 7) is 3.61. The van der Waals surface area contributed by atoms with E-state index in [0.717, 1.165) is 4.90 Å². The van der Waals surface area contributed by atoms with Crippen molar-refractivity contribution >= 4 is 29.3 Å². The Morgan fingerprint density at radius 3 is 2.50 bits per heavy atom. The zero-order valence-corrected chi connectivity index (χ0v) is 10.5. The van der Waals surface area contributed by atoms with Crippen molar-refractivity contribution < 1.29 is 15.0 Å². The number of carbonyl (C=O) groups is 1. The zero-order valence-electron chi connectivity index (χ0n) is 8.98. The van der Waals surface area contributed by atoms with E-state index in [1.807, 2.05) is 6.92 Å². The molecule has 5 heteroatoms. The SMILES string of the molecule is CC(O)C(C)Sc1ccc(C(=O)O)c(Cl)c1. The summed E-state index contributed by atoms with van der Waals surface area (Å²) in [5.74, 6) is -1.04. The lowest BCUT2D eigenvalue weighted by Gasteiger charge is -2.14. The minimum atomic E-state index is -1.04. The van der Waals surface area contributed by atoms with Gasteiger partial charge in [0.25, 0.3) is 0 Å². The van der Waals surface area contributed by atoms with E-state index in [4.69, 9.17) is 16.7 Å². The van der Waals surface area contributed by atoms with E-state index in [1.165, 1.54) is 17.8 Å². The summed E-state index contributed by atoms with van der Waals surface area (Å²) < 4.78 is 0. The highest BCUT2D eigenvalue weighted by atomic mass is 35.5. The van der Waals surface area contributed by atoms with Gasteiger partial charge in [0.15, 0.2) is 0 Å². The van der Waals surface area contributed by atoms with Gasteiger partial charge in [-0.2, -0.15) is 0 Å². The Bertz CT molecular complexity index is 393. The topological polar surface area (TPSA) is 57.5 Å². The van der Waals surface area contributed by atoms with E-state index in [1.54, 1.807) is 19.1 Å². The summed E-state index contributed by atoms with van der Waals surface area (Å²) in [4.78, 5) is 11.6. The molecule has 2 unspecified atom stereocenters. The molecule has 0 radical (unpaired) electrons. The van der Waals surface area contributed by atoms with Crippen molar-refractivity contribution in [2.45, 2.75) is 30.1 Å². The molecule has 1 aromatic carbocycles. The van der Waals surface area contributed by atoms with Gasteiger partial charge in [-0.25, -0.2) is 4.79 Å². The number of carboxylic acids is 1. The molecule has 0 heterocycles. The van der Waals surface area contributed by atoms with Crippen LogP contribution in [-0.4, -0.2) is 27.5 Å². The molecule has 0 aliphatic heterocycles. The van der Waals surface area contributed by atoms with Gasteiger partial charge in [-0.1, -0.05) is 18.5 Å². The third kappa shape index (κ3) is 3.40. The number of halogens is 1. The maximum Gasteiger partial charge on any atom is 0.337 e. The zero-order chi connectivity index (χ0) is 12.3. The molecule has 88 valence electrons. The highest BCUT2D eigenvalue weighted by molar-refractivity contribution is 8.00. The van der Waals surface area contributed by atoms with Crippen LogP contribution in [0.3, 0.4) is 0 Å². The van der Waals surface area contributed by atoms with Gasteiger partial charge < -0.3 is 10.2 Å². The monoisotopic (exact) mass is 260 g/mol. The Hall–Kier alpha value is -0.710. The minimum absolute atomic E-state index is 0.0340. The number of aliphatic hydroxyl groups excluding tert-OH is 1. The van der Waals surface area contributed by atoms with Crippen LogP contribution in [0, 0.1) is 0 Å². The first kappa shape index (κ1) is 13.4. The molecule has 0 aromatic heterocycles. The van der Waals surface area contributed by atoms with Gasteiger partial charge in [0.05, 0.1) is 16.7 Å². The molecule has 0 saturated carbocycles. The van der Waals surface area contributed by atoms with Crippen LogP contribution in [0.2, 0.25) is 5.02 Å². The second kappa shape index (κ2) is 5.57. The maximum absolute atomic E-state index is 10.7. The lowest BCUT2D eigenvalue weighted by molar-refractivity contribution is 0.0697. The van der Waals surface area contributed by atoms with Crippen LogP contribution in [0.4, 0.5) is 0 Å². The molecule has 2 N–H and O–H groups in total. The van der Waals surface area contributed by atoms with Crippen LogP contribution >= 0.6 is 23.4 Å². The van der Waals surface area contributed by atoms with Crippen molar-refractivity contribution in [1.29, 1.82) is 0 Å². The van der Waals surface area contributed by atoms with Crippen LogP contribution in [0.25, 0.3) is 0 Å². The number of carboxylic acid groups (broad SMARTS) is 1. The Balaban J connectivity index is 2.85. The van der Waals surface area contributed by atoms with E-state index < -0.39 is 12.1 Å². The van der Waals surface area contributed by atoms with Gasteiger partial charge >= 0.3 is 5.97 Å². The average Bonchev–Trinajstić information content (AvgIpc) is 2.16. The molecule has 0 amide bonds. The highest BCUT2D eigenvalue weighted by Gasteiger charge is 2.13. The normalized spacial score (nSPS) is 14.5. The first-order chi connectivity index (χ1) is 7.41. The summed E-state index contributed by atoms with van der Waals surface area (Å²) >= 11 is 7.29. The molecule has 0 bridgehead atoms. The fourth-order valence-electron chi connectivity index (χ4n) is 1.06. The van der Waals surface area contributed by atoms with Crippen molar-refractivity contribution in [3.05, 3.63) is 28.8 Å². The van der Waals surface area contributed by atoms with Crippen molar-refractivity contribution in [2.24, 2.45) is 0 Å². The smallest absolute Gasteiger partial charge is 0.337 e. The third-order valence-corrected chi connectivity index (χ3v) is 3.78. The maximum atomic E-state index is 10.7. The van der Waals surface area contributed by atoms with Crippen molar-refractivity contribution in [2.75, 3.05) is 0 Å². The van der Waals surface area contributed by atoms with E-state index in [0.29, 0.717) is 0 Å². The van der Waals surface area contributed by atoms with Gasteiger partial charge in [-0.15, -0.1) is 11.8 Å². The predicted molar refractivity (Wildman–Crippen MR) is 65.4 cm³/mol. The fraction of sp³-hybridized carbons (Fsp3) is 0.364. The quantitative estimate of drug-likeness (QED) is 0.818. The Labute approximate surface area is 103 Å². The Morgan fingerprint density at radius 2 is 2.06 bits per heavy atom. The first-order valence-corrected chi connectivity index (χ1v) is 6.05. The number of thioether (sulfide) groups is 1. The summed E-state index contributed by atoms with van der Waals surface area (Å²) in [7, 11) is 0.